The van der Waals surface area contributed by atoms with Gasteiger partial charge in [0.25, 0.3) is 0 Å². The first-order valence-electron chi connectivity index (χ1n) is 8.64. The van der Waals surface area contributed by atoms with Crippen molar-refractivity contribution in [3.63, 3.8) is 0 Å². The minimum absolute atomic E-state index is 0.0268. The maximum absolute atomic E-state index is 11.0. The lowest BCUT2D eigenvalue weighted by atomic mass is 9.97. The molecule has 2 aromatic carbocycles. The molecule has 0 fully saturated rings. The molecule has 5 heteroatoms. The van der Waals surface area contributed by atoms with Crippen LogP contribution in [0.25, 0.3) is 0 Å². The van der Waals surface area contributed by atoms with Gasteiger partial charge < -0.3 is 10.1 Å². The zero-order chi connectivity index (χ0) is 18.4. The number of carboxylic acid groups (broad SMARTS) is 1. The van der Waals surface area contributed by atoms with Crippen LogP contribution in [-0.2, 0) is 36.9 Å². The second-order valence-corrected chi connectivity index (χ2v) is 6.81. The van der Waals surface area contributed by atoms with E-state index in [4.69, 9.17) is 16.7 Å². The molecular formula is C21H21ClN2O2. The standard InChI is InChI=1S/C21H21ClN2O2/c22-19-9-8-18(12-21(25)26)17(11-19)7-5-15-1-3-16(4-2-15)6-10-20-13-23-14-24-20/h1-4,8-9,11,13-14H,5-7,10,12H2,(H,23,24)(H,25,26). The number of aromatic amines is 1. The van der Waals surface area contributed by atoms with E-state index in [0.29, 0.717) is 5.02 Å². The lowest BCUT2D eigenvalue weighted by molar-refractivity contribution is -0.136. The molecule has 0 aliphatic rings. The average Bonchev–Trinajstić information content (AvgIpc) is 3.14. The van der Waals surface area contributed by atoms with Crippen LogP contribution in [0.1, 0.15) is 27.9 Å². The SMILES string of the molecule is O=C(O)Cc1ccc(Cl)cc1CCc1ccc(CCc2cnc[nH]2)cc1. The van der Waals surface area contributed by atoms with Gasteiger partial charge in [0.15, 0.2) is 0 Å². The molecule has 0 unspecified atom stereocenters. The largest absolute Gasteiger partial charge is 0.481 e. The Morgan fingerprint density at radius 1 is 0.962 bits per heavy atom. The van der Waals surface area contributed by atoms with E-state index in [9.17, 15) is 4.79 Å². The van der Waals surface area contributed by atoms with Gasteiger partial charge in [-0.1, -0.05) is 41.9 Å². The molecule has 3 rings (SSSR count). The fraction of sp³-hybridized carbons (Fsp3) is 0.238. The summed E-state index contributed by atoms with van der Waals surface area (Å²) in [5.74, 6) is -0.824. The molecule has 0 saturated heterocycles. The van der Waals surface area contributed by atoms with E-state index < -0.39 is 5.97 Å². The maximum atomic E-state index is 11.0. The second kappa shape index (κ2) is 8.68. The number of hydrogen-bond donors (Lipinski definition) is 2. The van der Waals surface area contributed by atoms with Crippen molar-refractivity contribution in [2.24, 2.45) is 0 Å². The zero-order valence-electron chi connectivity index (χ0n) is 14.4. The molecule has 134 valence electrons. The Morgan fingerprint density at radius 3 is 2.27 bits per heavy atom. The minimum Gasteiger partial charge on any atom is -0.481 e. The smallest absolute Gasteiger partial charge is 0.307 e. The molecule has 0 atom stereocenters. The predicted molar refractivity (Wildman–Crippen MR) is 103 cm³/mol. The lowest BCUT2D eigenvalue weighted by Crippen LogP contribution is -2.04. The van der Waals surface area contributed by atoms with Gasteiger partial charge in [-0.05, 0) is 60.1 Å². The molecule has 1 heterocycles. The number of aliphatic carboxylic acids is 1. The summed E-state index contributed by atoms with van der Waals surface area (Å²) >= 11 is 6.08. The number of imidazole rings is 1. The number of benzene rings is 2. The summed E-state index contributed by atoms with van der Waals surface area (Å²) in [6.07, 6.45) is 7.13. The van der Waals surface area contributed by atoms with Crippen LogP contribution in [0.4, 0.5) is 0 Å². The summed E-state index contributed by atoms with van der Waals surface area (Å²) < 4.78 is 0. The maximum Gasteiger partial charge on any atom is 0.307 e. The van der Waals surface area contributed by atoms with Gasteiger partial charge in [0.05, 0.1) is 12.7 Å². The Morgan fingerprint density at radius 2 is 1.65 bits per heavy atom. The van der Waals surface area contributed by atoms with Crippen LogP contribution in [0.15, 0.2) is 55.0 Å². The Balaban J connectivity index is 1.59. The molecule has 0 aliphatic carbocycles. The van der Waals surface area contributed by atoms with Gasteiger partial charge in [-0.15, -0.1) is 0 Å². The van der Waals surface area contributed by atoms with Crippen molar-refractivity contribution >= 4 is 17.6 Å². The van der Waals surface area contributed by atoms with Crippen molar-refractivity contribution in [3.05, 3.63) is 88.0 Å². The number of aryl methyl sites for hydroxylation is 4. The summed E-state index contributed by atoms with van der Waals surface area (Å²) in [4.78, 5) is 18.2. The molecular weight excluding hydrogens is 348 g/mol. The Labute approximate surface area is 157 Å². The summed E-state index contributed by atoms with van der Waals surface area (Å²) in [6, 6.07) is 14.0. The number of aromatic nitrogens is 2. The Hall–Kier alpha value is -2.59. The third-order valence-corrected chi connectivity index (χ3v) is 4.69. The molecule has 0 radical (unpaired) electrons. The Bertz CT molecular complexity index is 858. The number of hydrogen-bond acceptors (Lipinski definition) is 2. The molecule has 0 spiro atoms. The zero-order valence-corrected chi connectivity index (χ0v) is 15.2. The molecule has 1 aromatic heterocycles. The fourth-order valence-electron chi connectivity index (χ4n) is 3.01. The molecule has 26 heavy (non-hydrogen) atoms. The van der Waals surface area contributed by atoms with Gasteiger partial charge in [0, 0.05) is 16.9 Å². The van der Waals surface area contributed by atoms with E-state index in [1.54, 1.807) is 12.4 Å². The van der Waals surface area contributed by atoms with Gasteiger partial charge in [0.2, 0.25) is 0 Å². The highest BCUT2D eigenvalue weighted by Gasteiger charge is 2.08. The second-order valence-electron chi connectivity index (χ2n) is 6.38. The topological polar surface area (TPSA) is 66.0 Å². The highest BCUT2D eigenvalue weighted by atomic mass is 35.5. The minimum atomic E-state index is -0.824. The number of carbonyl (C=O) groups is 1. The van der Waals surface area contributed by atoms with Gasteiger partial charge in [-0.2, -0.15) is 0 Å². The number of H-pyrrole nitrogens is 1. The predicted octanol–water partition coefficient (Wildman–Crippen LogP) is 4.26. The third-order valence-electron chi connectivity index (χ3n) is 4.45. The number of nitrogens with one attached hydrogen (secondary N) is 1. The summed E-state index contributed by atoms with van der Waals surface area (Å²) in [7, 11) is 0. The van der Waals surface area contributed by atoms with Crippen LogP contribution >= 0.6 is 11.6 Å². The van der Waals surface area contributed by atoms with Gasteiger partial charge in [-0.25, -0.2) is 4.98 Å². The Kier molecular flexibility index (Phi) is 6.08. The van der Waals surface area contributed by atoms with E-state index in [1.165, 1.54) is 11.1 Å². The number of halogens is 1. The van der Waals surface area contributed by atoms with Crippen LogP contribution in [0.5, 0.6) is 0 Å². The molecule has 3 aromatic rings. The molecule has 2 N–H and O–H groups in total. The summed E-state index contributed by atoms with van der Waals surface area (Å²) in [5.41, 5.74) is 5.50. The molecule has 0 bridgehead atoms. The van der Waals surface area contributed by atoms with Crippen LogP contribution in [-0.4, -0.2) is 21.0 Å². The van der Waals surface area contributed by atoms with Crippen molar-refractivity contribution in [1.82, 2.24) is 9.97 Å². The van der Waals surface area contributed by atoms with Crippen molar-refractivity contribution in [2.45, 2.75) is 32.1 Å². The summed E-state index contributed by atoms with van der Waals surface area (Å²) in [6.45, 7) is 0. The first-order chi connectivity index (χ1) is 12.6. The average molecular weight is 369 g/mol. The van der Waals surface area contributed by atoms with E-state index >= 15 is 0 Å². The summed E-state index contributed by atoms with van der Waals surface area (Å²) in [5, 5.41) is 9.70. The highest BCUT2D eigenvalue weighted by Crippen LogP contribution is 2.19. The van der Waals surface area contributed by atoms with Crippen molar-refractivity contribution in [1.29, 1.82) is 0 Å². The molecule has 0 aliphatic heterocycles. The lowest BCUT2D eigenvalue weighted by Gasteiger charge is -2.09. The van der Waals surface area contributed by atoms with E-state index in [1.807, 2.05) is 18.3 Å². The van der Waals surface area contributed by atoms with E-state index in [0.717, 1.165) is 42.5 Å². The van der Waals surface area contributed by atoms with Gasteiger partial charge in [-0.3, -0.25) is 4.79 Å². The highest BCUT2D eigenvalue weighted by molar-refractivity contribution is 6.30. The first kappa shape index (κ1) is 18.2. The third kappa shape index (κ3) is 5.20. The fourth-order valence-corrected chi connectivity index (χ4v) is 3.21. The van der Waals surface area contributed by atoms with E-state index in [-0.39, 0.29) is 6.42 Å². The number of nitrogens with zero attached hydrogens (tertiary/aromatic N) is 1. The molecule has 0 saturated carbocycles. The van der Waals surface area contributed by atoms with Gasteiger partial charge >= 0.3 is 5.97 Å². The first-order valence-corrected chi connectivity index (χ1v) is 9.02. The number of carboxylic acids is 1. The van der Waals surface area contributed by atoms with Crippen LogP contribution in [0.3, 0.4) is 0 Å². The monoisotopic (exact) mass is 368 g/mol. The molecule has 0 amide bonds. The number of rotatable bonds is 8. The van der Waals surface area contributed by atoms with Crippen molar-refractivity contribution < 1.29 is 9.90 Å². The van der Waals surface area contributed by atoms with Crippen molar-refractivity contribution in [3.8, 4) is 0 Å². The van der Waals surface area contributed by atoms with Crippen molar-refractivity contribution in [2.75, 3.05) is 0 Å². The molecule has 4 nitrogen and oxygen atoms in total. The van der Waals surface area contributed by atoms with Crippen LogP contribution in [0.2, 0.25) is 5.02 Å². The van der Waals surface area contributed by atoms with E-state index in [2.05, 4.69) is 34.2 Å². The van der Waals surface area contributed by atoms with Crippen LogP contribution < -0.4 is 0 Å². The normalized spacial score (nSPS) is 10.8. The quantitative estimate of drug-likeness (QED) is 0.624. The van der Waals surface area contributed by atoms with Gasteiger partial charge in [0.1, 0.15) is 0 Å². The van der Waals surface area contributed by atoms with Crippen LogP contribution in [0, 0.1) is 0 Å².